The van der Waals surface area contributed by atoms with Gasteiger partial charge in [0.2, 0.25) is 0 Å². The Morgan fingerprint density at radius 2 is 1.41 bits per heavy atom. The molecule has 0 radical (unpaired) electrons. The van der Waals surface area contributed by atoms with Gasteiger partial charge in [0.05, 0.1) is 0 Å². The number of hydrogen-bond donors (Lipinski definition) is 0. The third kappa shape index (κ3) is 5.94. The van der Waals surface area contributed by atoms with E-state index in [1.165, 1.54) is 77.0 Å². The summed E-state index contributed by atoms with van der Waals surface area (Å²) in [5.41, 5.74) is 0. The van der Waals surface area contributed by atoms with Gasteiger partial charge in [0.1, 0.15) is 0 Å². The second-order valence-electron chi connectivity index (χ2n) is 7.82. The highest BCUT2D eigenvalue weighted by atomic mass is 14.3. The lowest BCUT2D eigenvalue weighted by Gasteiger charge is -2.37. The molecule has 0 atom stereocenters. The fraction of sp³-hybridized carbons (Fsp3) is 0.818. The fourth-order valence-electron chi connectivity index (χ4n) is 4.71. The van der Waals surface area contributed by atoms with Crippen molar-refractivity contribution in [3.05, 3.63) is 24.3 Å². The topological polar surface area (TPSA) is 0 Å². The van der Waals surface area contributed by atoms with Crippen LogP contribution in [0.4, 0.5) is 0 Å². The van der Waals surface area contributed by atoms with Crippen molar-refractivity contribution in [3.8, 4) is 0 Å². The van der Waals surface area contributed by atoms with Gasteiger partial charge in [-0.15, -0.1) is 0 Å². The van der Waals surface area contributed by atoms with Crippen LogP contribution in [0.5, 0.6) is 0 Å². The van der Waals surface area contributed by atoms with E-state index in [1.807, 2.05) is 0 Å². The molecule has 0 bridgehead atoms. The van der Waals surface area contributed by atoms with Gasteiger partial charge in [-0.2, -0.15) is 0 Å². The van der Waals surface area contributed by atoms with E-state index in [0.29, 0.717) is 0 Å². The molecule has 2 fully saturated rings. The van der Waals surface area contributed by atoms with Gasteiger partial charge in [-0.25, -0.2) is 0 Å². The molecule has 0 aliphatic heterocycles. The van der Waals surface area contributed by atoms with Gasteiger partial charge in [-0.1, -0.05) is 50.5 Å². The molecule has 0 aromatic rings. The molecule has 0 heterocycles. The Kier molecular flexibility index (Phi) is 8.34. The summed E-state index contributed by atoms with van der Waals surface area (Å²) in [6.07, 6.45) is 26.9. The second-order valence-corrected chi connectivity index (χ2v) is 7.82. The molecule has 0 spiro atoms. The van der Waals surface area contributed by atoms with Crippen molar-refractivity contribution >= 4 is 0 Å². The summed E-state index contributed by atoms with van der Waals surface area (Å²) in [5, 5.41) is 0. The predicted molar refractivity (Wildman–Crippen MR) is 99.0 cm³/mol. The average Bonchev–Trinajstić information content (AvgIpc) is 2.57. The van der Waals surface area contributed by atoms with Crippen LogP contribution >= 0.6 is 0 Å². The number of unbranched alkanes of at least 4 members (excludes halogenated alkanes) is 1. The molecule has 2 aliphatic rings. The van der Waals surface area contributed by atoms with Crippen molar-refractivity contribution < 1.29 is 0 Å². The standard InChI is InChI=1S/C22H38/c1-3-5-7-9-19-11-15-21(16-12-19)22-17-13-20(14-18-22)10-8-6-4-2/h3,5,8,10,19-22H,4,6-7,9,11-18H2,1-2H3. The van der Waals surface area contributed by atoms with Gasteiger partial charge in [-0.3, -0.25) is 0 Å². The van der Waals surface area contributed by atoms with E-state index in [2.05, 4.69) is 38.2 Å². The van der Waals surface area contributed by atoms with Gasteiger partial charge < -0.3 is 0 Å². The van der Waals surface area contributed by atoms with Gasteiger partial charge in [-0.05, 0) is 88.4 Å². The Labute approximate surface area is 139 Å². The Morgan fingerprint density at radius 3 is 2.00 bits per heavy atom. The third-order valence-electron chi connectivity index (χ3n) is 6.22. The zero-order valence-electron chi connectivity index (χ0n) is 15.1. The third-order valence-corrected chi connectivity index (χ3v) is 6.22. The van der Waals surface area contributed by atoms with E-state index >= 15 is 0 Å². The Morgan fingerprint density at radius 1 is 0.773 bits per heavy atom. The highest BCUT2D eigenvalue weighted by Crippen LogP contribution is 2.42. The molecule has 0 aromatic carbocycles. The monoisotopic (exact) mass is 302 g/mol. The van der Waals surface area contributed by atoms with Gasteiger partial charge in [0, 0.05) is 0 Å². The second kappa shape index (κ2) is 10.3. The van der Waals surface area contributed by atoms with Gasteiger partial charge in [0.25, 0.3) is 0 Å². The average molecular weight is 303 g/mol. The summed E-state index contributed by atoms with van der Waals surface area (Å²) in [6, 6.07) is 0. The molecule has 2 rings (SSSR count). The largest absolute Gasteiger partial charge is 0.0917 e. The molecule has 0 unspecified atom stereocenters. The molecule has 0 N–H and O–H groups in total. The van der Waals surface area contributed by atoms with Crippen LogP contribution in [0, 0.1) is 23.7 Å². The quantitative estimate of drug-likeness (QED) is 0.432. The van der Waals surface area contributed by atoms with Crippen LogP contribution in [0.2, 0.25) is 0 Å². The van der Waals surface area contributed by atoms with E-state index in [9.17, 15) is 0 Å². The lowest BCUT2D eigenvalue weighted by Crippen LogP contribution is -2.25. The first-order valence-electron chi connectivity index (χ1n) is 10.1. The smallest absolute Gasteiger partial charge is 0.0233 e. The van der Waals surface area contributed by atoms with Crippen molar-refractivity contribution in [1.29, 1.82) is 0 Å². The molecule has 0 nitrogen and oxygen atoms in total. The van der Waals surface area contributed by atoms with Crippen LogP contribution in [0.3, 0.4) is 0 Å². The van der Waals surface area contributed by atoms with Gasteiger partial charge >= 0.3 is 0 Å². The molecule has 0 aromatic heterocycles. The fourth-order valence-corrected chi connectivity index (χ4v) is 4.71. The van der Waals surface area contributed by atoms with Crippen LogP contribution in [-0.4, -0.2) is 0 Å². The first kappa shape index (κ1) is 17.8. The lowest BCUT2D eigenvalue weighted by molar-refractivity contribution is 0.153. The molecule has 22 heavy (non-hydrogen) atoms. The van der Waals surface area contributed by atoms with Crippen molar-refractivity contribution in [1.82, 2.24) is 0 Å². The molecule has 2 aliphatic carbocycles. The molecule has 0 heteroatoms. The Hall–Kier alpha value is -0.520. The van der Waals surface area contributed by atoms with Crippen LogP contribution in [-0.2, 0) is 0 Å². The zero-order valence-corrected chi connectivity index (χ0v) is 15.1. The maximum Gasteiger partial charge on any atom is -0.0233 e. The number of rotatable bonds is 7. The van der Waals surface area contributed by atoms with Crippen LogP contribution in [0.1, 0.15) is 90.9 Å². The first-order valence-corrected chi connectivity index (χ1v) is 10.1. The van der Waals surface area contributed by atoms with E-state index in [1.54, 1.807) is 0 Å². The minimum absolute atomic E-state index is 0.903. The summed E-state index contributed by atoms with van der Waals surface area (Å²) in [4.78, 5) is 0. The molecule has 2 saturated carbocycles. The van der Waals surface area contributed by atoms with Crippen molar-refractivity contribution in [3.63, 3.8) is 0 Å². The molecular formula is C22H38. The van der Waals surface area contributed by atoms with Crippen LogP contribution in [0.15, 0.2) is 24.3 Å². The summed E-state index contributed by atoms with van der Waals surface area (Å²) >= 11 is 0. The maximum absolute atomic E-state index is 2.53. The van der Waals surface area contributed by atoms with Crippen molar-refractivity contribution in [2.75, 3.05) is 0 Å². The van der Waals surface area contributed by atoms with E-state index in [4.69, 9.17) is 0 Å². The molecular weight excluding hydrogens is 264 g/mol. The van der Waals surface area contributed by atoms with E-state index in [-0.39, 0.29) is 0 Å². The number of allylic oxidation sites excluding steroid dienone is 4. The Bertz CT molecular complexity index is 322. The van der Waals surface area contributed by atoms with Crippen LogP contribution in [0.25, 0.3) is 0 Å². The van der Waals surface area contributed by atoms with Crippen molar-refractivity contribution in [2.45, 2.75) is 90.9 Å². The first-order chi connectivity index (χ1) is 10.8. The molecule has 0 amide bonds. The SMILES string of the molecule is CC=CCCC1CCC(C2CCC(C=CCCC)CC2)CC1. The summed E-state index contributed by atoms with van der Waals surface area (Å²) < 4.78 is 0. The predicted octanol–water partition coefficient (Wildman–Crippen LogP) is 7.31. The van der Waals surface area contributed by atoms with Crippen molar-refractivity contribution in [2.24, 2.45) is 23.7 Å². The number of hydrogen-bond acceptors (Lipinski definition) is 0. The normalized spacial score (nSPS) is 33.7. The van der Waals surface area contributed by atoms with E-state index < -0.39 is 0 Å². The molecule has 0 saturated heterocycles. The minimum atomic E-state index is 0.903. The minimum Gasteiger partial charge on any atom is -0.0917 e. The van der Waals surface area contributed by atoms with Gasteiger partial charge in [0.15, 0.2) is 0 Å². The molecule has 126 valence electrons. The van der Waals surface area contributed by atoms with E-state index in [0.717, 1.165) is 23.7 Å². The maximum atomic E-state index is 2.53. The van der Waals surface area contributed by atoms with Crippen LogP contribution < -0.4 is 0 Å². The summed E-state index contributed by atoms with van der Waals surface area (Å²) in [6.45, 7) is 4.42. The highest BCUT2D eigenvalue weighted by Gasteiger charge is 2.29. The zero-order chi connectivity index (χ0) is 15.6. The highest BCUT2D eigenvalue weighted by molar-refractivity contribution is 4.92. The summed E-state index contributed by atoms with van der Waals surface area (Å²) in [5.74, 6) is 4.06. The lowest BCUT2D eigenvalue weighted by atomic mass is 9.68. The Balaban J connectivity index is 1.64. The summed E-state index contributed by atoms with van der Waals surface area (Å²) in [7, 11) is 0.